The summed E-state index contributed by atoms with van der Waals surface area (Å²) in [6.45, 7) is 3.53. The van der Waals surface area contributed by atoms with Crippen LogP contribution in [0.5, 0.6) is 5.75 Å². The van der Waals surface area contributed by atoms with E-state index in [1.54, 1.807) is 4.90 Å². The minimum absolute atomic E-state index is 0.0573. The van der Waals surface area contributed by atoms with E-state index in [4.69, 9.17) is 16.3 Å². The monoisotopic (exact) mass is 261 g/mol. The van der Waals surface area contributed by atoms with Crippen molar-refractivity contribution in [3.8, 4) is 18.1 Å². The van der Waals surface area contributed by atoms with E-state index in [9.17, 15) is 4.79 Å². The van der Waals surface area contributed by atoms with Gasteiger partial charge < -0.3 is 9.84 Å². The first-order valence-corrected chi connectivity index (χ1v) is 6.25. The largest absolute Gasteiger partial charge is 0.494 e. The second-order valence-electron chi connectivity index (χ2n) is 4.24. The molecular formula is C15H19NO3. The van der Waals surface area contributed by atoms with Crippen molar-refractivity contribution < 1.29 is 14.6 Å². The molecular weight excluding hydrogens is 242 g/mol. The molecule has 1 aromatic rings. The second-order valence-corrected chi connectivity index (χ2v) is 4.24. The van der Waals surface area contributed by atoms with Crippen molar-refractivity contribution >= 4 is 5.97 Å². The molecule has 1 rings (SSSR count). The number of carbonyl (C=O) groups is 1. The molecule has 4 heteroatoms. The molecule has 0 radical (unpaired) electrons. The number of ether oxygens (including phenoxy) is 1. The summed E-state index contributed by atoms with van der Waals surface area (Å²) in [5, 5.41) is 8.80. The smallest absolute Gasteiger partial charge is 0.317 e. The van der Waals surface area contributed by atoms with Crippen LogP contribution in [-0.4, -0.2) is 35.7 Å². The zero-order valence-electron chi connectivity index (χ0n) is 11.1. The van der Waals surface area contributed by atoms with E-state index in [0.717, 1.165) is 17.7 Å². The number of hydrogen-bond donors (Lipinski definition) is 1. The maximum Gasteiger partial charge on any atom is 0.317 e. The van der Waals surface area contributed by atoms with Crippen molar-refractivity contribution in [2.75, 3.05) is 19.7 Å². The van der Waals surface area contributed by atoms with Gasteiger partial charge in [-0.1, -0.05) is 25.0 Å². The number of carboxylic acids is 1. The fourth-order valence-electron chi connectivity index (χ4n) is 1.66. The maximum absolute atomic E-state index is 10.7. The van der Waals surface area contributed by atoms with E-state index in [-0.39, 0.29) is 6.54 Å². The van der Waals surface area contributed by atoms with Crippen molar-refractivity contribution in [2.45, 2.75) is 19.9 Å². The molecule has 0 unspecified atom stereocenters. The number of hydrogen-bond acceptors (Lipinski definition) is 3. The normalized spacial score (nSPS) is 10.2. The van der Waals surface area contributed by atoms with Crippen LogP contribution in [0.2, 0.25) is 0 Å². The van der Waals surface area contributed by atoms with E-state index < -0.39 is 5.97 Å². The molecule has 4 nitrogen and oxygen atoms in total. The number of nitrogens with zero attached hydrogens (tertiary/aromatic N) is 1. The molecule has 1 N–H and O–H groups in total. The molecule has 0 fully saturated rings. The predicted molar refractivity (Wildman–Crippen MR) is 74.0 cm³/mol. The van der Waals surface area contributed by atoms with Crippen LogP contribution >= 0.6 is 0 Å². The van der Waals surface area contributed by atoms with Gasteiger partial charge in [0.2, 0.25) is 0 Å². The maximum atomic E-state index is 10.7. The van der Waals surface area contributed by atoms with Gasteiger partial charge >= 0.3 is 5.97 Å². The van der Waals surface area contributed by atoms with Gasteiger partial charge in [0.25, 0.3) is 0 Å². The van der Waals surface area contributed by atoms with Gasteiger partial charge in [-0.2, -0.15) is 0 Å². The summed E-state index contributed by atoms with van der Waals surface area (Å²) in [4.78, 5) is 12.4. The first-order chi connectivity index (χ1) is 9.15. The van der Waals surface area contributed by atoms with E-state index in [2.05, 4.69) is 12.8 Å². The van der Waals surface area contributed by atoms with Gasteiger partial charge in [-0.15, -0.1) is 6.42 Å². The fourth-order valence-corrected chi connectivity index (χ4v) is 1.66. The zero-order valence-corrected chi connectivity index (χ0v) is 11.1. The second kappa shape index (κ2) is 8.17. The van der Waals surface area contributed by atoms with Crippen molar-refractivity contribution in [2.24, 2.45) is 0 Å². The Balaban J connectivity index is 2.59. The highest BCUT2D eigenvalue weighted by Crippen LogP contribution is 2.13. The van der Waals surface area contributed by atoms with E-state index in [1.807, 2.05) is 24.3 Å². The number of terminal acetylenes is 1. The van der Waals surface area contributed by atoms with Gasteiger partial charge in [-0.25, -0.2) is 0 Å². The molecule has 0 saturated carbocycles. The molecule has 0 aromatic heterocycles. The highest BCUT2D eigenvalue weighted by Gasteiger charge is 2.09. The summed E-state index contributed by atoms with van der Waals surface area (Å²) in [7, 11) is 0. The van der Waals surface area contributed by atoms with E-state index >= 15 is 0 Å². The fraction of sp³-hybridized carbons (Fsp3) is 0.400. The number of rotatable bonds is 8. The Morgan fingerprint density at radius 2 is 2.11 bits per heavy atom. The van der Waals surface area contributed by atoms with Gasteiger partial charge in [-0.05, 0) is 24.1 Å². The van der Waals surface area contributed by atoms with Crippen molar-refractivity contribution in [3.05, 3.63) is 29.8 Å². The van der Waals surface area contributed by atoms with Crippen LogP contribution in [0.4, 0.5) is 0 Å². The highest BCUT2D eigenvalue weighted by atomic mass is 16.5. The minimum atomic E-state index is -0.877. The lowest BCUT2D eigenvalue weighted by molar-refractivity contribution is -0.138. The first-order valence-electron chi connectivity index (χ1n) is 6.25. The molecule has 0 atom stereocenters. The summed E-state index contributed by atoms with van der Waals surface area (Å²) < 4.78 is 5.49. The molecule has 1 aromatic carbocycles. The molecule has 0 saturated heterocycles. The lowest BCUT2D eigenvalue weighted by Crippen LogP contribution is -2.29. The molecule has 0 spiro atoms. The molecule has 0 aliphatic rings. The third kappa shape index (κ3) is 5.94. The third-order valence-electron chi connectivity index (χ3n) is 2.48. The number of carboxylic acid groups (broad SMARTS) is 1. The Morgan fingerprint density at radius 1 is 1.42 bits per heavy atom. The Morgan fingerprint density at radius 3 is 2.63 bits per heavy atom. The molecule has 102 valence electrons. The van der Waals surface area contributed by atoms with Crippen LogP contribution in [-0.2, 0) is 11.3 Å². The van der Waals surface area contributed by atoms with Crippen molar-refractivity contribution in [1.29, 1.82) is 0 Å². The van der Waals surface area contributed by atoms with Gasteiger partial charge in [0.15, 0.2) is 0 Å². The zero-order chi connectivity index (χ0) is 14.1. The Bertz CT molecular complexity index is 434. The highest BCUT2D eigenvalue weighted by molar-refractivity contribution is 5.69. The first kappa shape index (κ1) is 15.1. The summed E-state index contributed by atoms with van der Waals surface area (Å²) in [6.07, 6.45) is 6.20. The molecule has 0 aliphatic heterocycles. The molecule has 0 aliphatic carbocycles. The van der Waals surface area contributed by atoms with E-state index in [1.165, 1.54) is 0 Å². The standard InChI is InChI=1S/C15H19NO3/c1-3-9-16(12-15(17)18)11-13-5-7-14(8-6-13)19-10-4-2/h1,5-8H,4,9-12H2,2H3,(H,17,18). The lowest BCUT2D eigenvalue weighted by atomic mass is 10.2. The minimum Gasteiger partial charge on any atom is -0.494 e. The molecule has 19 heavy (non-hydrogen) atoms. The number of benzene rings is 1. The Hall–Kier alpha value is -1.99. The third-order valence-corrected chi connectivity index (χ3v) is 2.48. The van der Waals surface area contributed by atoms with Crippen molar-refractivity contribution in [3.63, 3.8) is 0 Å². The van der Waals surface area contributed by atoms with Gasteiger partial charge in [-0.3, -0.25) is 9.69 Å². The SMILES string of the molecule is C#CCN(CC(=O)O)Cc1ccc(OCCC)cc1. The summed E-state index contributed by atoms with van der Waals surface area (Å²) in [6, 6.07) is 7.63. The summed E-state index contributed by atoms with van der Waals surface area (Å²) >= 11 is 0. The van der Waals surface area contributed by atoms with Crippen LogP contribution in [0.3, 0.4) is 0 Å². The Kier molecular flexibility index (Phi) is 6.48. The Labute approximate surface area is 114 Å². The quantitative estimate of drug-likeness (QED) is 0.727. The van der Waals surface area contributed by atoms with Gasteiger partial charge in [0.05, 0.1) is 19.7 Å². The lowest BCUT2D eigenvalue weighted by Gasteiger charge is -2.17. The van der Waals surface area contributed by atoms with Crippen LogP contribution < -0.4 is 4.74 Å². The van der Waals surface area contributed by atoms with Gasteiger partial charge in [0, 0.05) is 6.54 Å². The van der Waals surface area contributed by atoms with Crippen LogP contribution in [0, 0.1) is 12.3 Å². The summed E-state index contributed by atoms with van der Waals surface area (Å²) in [5.74, 6) is 2.42. The van der Waals surface area contributed by atoms with Crippen LogP contribution in [0.1, 0.15) is 18.9 Å². The topological polar surface area (TPSA) is 49.8 Å². The number of aliphatic carboxylic acids is 1. The predicted octanol–water partition coefficient (Wildman–Crippen LogP) is 2.00. The average Bonchev–Trinajstić information content (AvgIpc) is 2.37. The van der Waals surface area contributed by atoms with Gasteiger partial charge in [0.1, 0.15) is 5.75 Å². The van der Waals surface area contributed by atoms with E-state index in [0.29, 0.717) is 19.7 Å². The average molecular weight is 261 g/mol. The van der Waals surface area contributed by atoms with Crippen molar-refractivity contribution in [1.82, 2.24) is 4.90 Å². The molecule has 0 heterocycles. The van der Waals surface area contributed by atoms with Crippen LogP contribution in [0.15, 0.2) is 24.3 Å². The van der Waals surface area contributed by atoms with Crippen LogP contribution in [0.25, 0.3) is 0 Å². The molecule has 0 bridgehead atoms. The summed E-state index contributed by atoms with van der Waals surface area (Å²) in [5.41, 5.74) is 1.01. The molecule has 0 amide bonds.